The molecule has 3 heterocycles. The molecule has 1 atom stereocenters. The highest BCUT2D eigenvalue weighted by Crippen LogP contribution is 2.44. The standard InChI is InChI=1S/C34H43ClN6O3Si/c1-32(2,3)44-31(42)41-13-11-24-27(16-23(35)17-28(24)41)40-30-37-12-10-26(39-30)21-14-22(18-36)29-25(15-21)34(7,19-38-29)20-43-45(8,9)33(4,5)6/h10,12,14-17,38H,11,13,19-20H2,1-9H3,(H,37,39,40). The van der Waals surface area contributed by atoms with Crippen LogP contribution in [0.2, 0.25) is 23.2 Å². The van der Waals surface area contributed by atoms with Gasteiger partial charge in [0.15, 0.2) is 8.32 Å². The molecule has 0 spiro atoms. The Labute approximate surface area is 272 Å². The molecule has 1 amide bonds. The fourth-order valence-corrected chi connectivity index (χ4v) is 6.72. The van der Waals surface area contributed by atoms with Crippen molar-refractivity contribution in [3.63, 3.8) is 0 Å². The topological polar surface area (TPSA) is 112 Å². The van der Waals surface area contributed by atoms with Gasteiger partial charge in [0.25, 0.3) is 0 Å². The minimum absolute atomic E-state index is 0.0966. The molecule has 11 heteroatoms. The van der Waals surface area contributed by atoms with E-state index in [-0.39, 0.29) is 10.5 Å². The Bertz CT molecular complexity index is 1690. The number of fused-ring (bicyclic) bond motifs is 2. The van der Waals surface area contributed by atoms with Gasteiger partial charge in [0.05, 0.1) is 22.6 Å². The van der Waals surface area contributed by atoms with Crippen LogP contribution in [0.4, 0.5) is 27.8 Å². The molecule has 0 fully saturated rings. The molecule has 5 rings (SSSR count). The molecule has 0 saturated heterocycles. The number of rotatable bonds is 6. The number of ether oxygens (including phenoxy) is 1. The minimum Gasteiger partial charge on any atom is -0.443 e. The van der Waals surface area contributed by atoms with E-state index in [1.807, 2.05) is 39.0 Å². The maximum absolute atomic E-state index is 12.9. The van der Waals surface area contributed by atoms with Crippen molar-refractivity contribution >= 4 is 49.0 Å². The van der Waals surface area contributed by atoms with E-state index in [2.05, 4.69) is 68.5 Å². The van der Waals surface area contributed by atoms with Crippen molar-refractivity contribution in [2.45, 2.75) is 84.0 Å². The summed E-state index contributed by atoms with van der Waals surface area (Å²) in [4.78, 5) is 23.8. The van der Waals surface area contributed by atoms with Crippen molar-refractivity contribution in [1.82, 2.24) is 9.97 Å². The second-order valence-corrected chi connectivity index (χ2v) is 20.0. The molecule has 9 nitrogen and oxygen atoms in total. The zero-order valence-electron chi connectivity index (χ0n) is 27.7. The number of carbonyl (C=O) groups excluding carboxylic acids is 1. The zero-order chi connectivity index (χ0) is 32.9. The molecule has 0 radical (unpaired) electrons. The second kappa shape index (κ2) is 11.6. The summed E-state index contributed by atoms with van der Waals surface area (Å²) in [5.74, 6) is 0.383. The van der Waals surface area contributed by atoms with Crippen molar-refractivity contribution in [3.05, 3.63) is 58.2 Å². The Morgan fingerprint density at radius 3 is 2.60 bits per heavy atom. The molecule has 2 N–H and O–H groups in total. The first-order valence-corrected chi connectivity index (χ1v) is 18.6. The first-order chi connectivity index (χ1) is 20.9. The molecule has 2 aromatic carbocycles. The third-order valence-electron chi connectivity index (χ3n) is 9.00. The number of benzene rings is 2. The molecular weight excluding hydrogens is 604 g/mol. The van der Waals surface area contributed by atoms with Gasteiger partial charge in [0.1, 0.15) is 11.7 Å². The molecule has 1 aromatic heterocycles. The molecule has 1 unspecified atom stereocenters. The molecular formula is C34H43ClN6O3Si. The first-order valence-electron chi connectivity index (χ1n) is 15.3. The average molecular weight is 647 g/mol. The molecule has 0 saturated carbocycles. The van der Waals surface area contributed by atoms with Crippen molar-refractivity contribution < 1.29 is 14.0 Å². The van der Waals surface area contributed by atoms with Gasteiger partial charge in [-0.25, -0.2) is 14.8 Å². The monoisotopic (exact) mass is 646 g/mol. The van der Waals surface area contributed by atoms with Crippen LogP contribution in [0, 0.1) is 11.3 Å². The molecule has 2 aliphatic heterocycles. The summed E-state index contributed by atoms with van der Waals surface area (Å²) in [6.07, 6.45) is 1.92. The number of anilines is 4. The summed E-state index contributed by atoms with van der Waals surface area (Å²) >= 11 is 6.51. The van der Waals surface area contributed by atoms with Gasteiger partial charge in [0, 0.05) is 53.1 Å². The van der Waals surface area contributed by atoms with E-state index in [0.717, 1.165) is 28.1 Å². The van der Waals surface area contributed by atoms with Crippen molar-refractivity contribution in [3.8, 4) is 17.3 Å². The lowest BCUT2D eigenvalue weighted by molar-refractivity contribution is 0.0584. The van der Waals surface area contributed by atoms with Crippen LogP contribution in [0.25, 0.3) is 11.3 Å². The Balaban J connectivity index is 1.44. The lowest BCUT2D eigenvalue weighted by atomic mass is 9.83. The van der Waals surface area contributed by atoms with Gasteiger partial charge in [-0.15, -0.1) is 0 Å². The highest BCUT2D eigenvalue weighted by molar-refractivity contribution is 6.74. The number of nitriles is 1. The van der Waals surface area contributed by atoms with Crippen LogP contribution in [-0.4, -0.2) is 49.7 Å². The number of halogens is 1. The maximum Gasteiger partial charge on any atom is 0.414 e. The highest BCUT2D eigenvalue weighted by Gasteiger charge is 2.42. The third-order valence-corrected chi connectivity index (χ3v) is 13.7. The van der Waals surface area contributed by atoms with Crippen LogP contribution >= 0.6 is 11.6 Å². The smallest absolute Gasteiger partial charge is 0.414 e. The minimum atomic E-state index is -1.98. The van der Waals surface area contributed by atoms with Gasteiger partial charge in [-0.05, 0) is 81.2 Å². The van der Waals surface area contributed by atoms with Crippen LogP contribution < -0.4 is 15.5 Å². The molecule has 2 aliphatic rings. The number of amides is 1. The van der Waals surface area contributed by atoms with Crippen LogP contribution in [0.5, 0.6) is 0 Å². The van der Waals surface area contributed by atoms with Gasteiger partial charge in [-0.2, -0.15) is 5.26 Å². The van der Waals surface area contributed by atoms with Gasteiger partial charge in [-0.3, -0.25) is 4.90 Å². The van der Waals surface area contributed by atoms with Crippen LogP contribution in [0.1, 0.15) is 65.2 Å². The van der Waals surface area contributed by atoms with E-state index >= 15 is 0 Å². The summed E-state index contributed by atoms with van der Waals surface area (Å²) in [5.41, 5.74) is 5.45. The van der Waals surface area contributed by atoms with Crippen LogP contribution in [0.3, 0.4) is 0 Å². The van der Waals surface area contributed by atoms with E-state index in [4.69, 9.17) is 25.7 Å². The van der Waals surface area contributed by atoms with E-state index in [0.29, 0.717) is 54.0 Å². The SMILES string of the molecule is CC(C)(C)OC(=O)N1CCc2c(Nc3nccc(-c4cc(C#N)c5c(c4)C(C)(CO[Si](C)(C)C(C)(C)C)CN5)n3)cc(Cl)cc21. The fraction of sp³-hybridized carbons (Fsp3) is 0.471. The number of hydrogen-bond donors (Lipinski definition) is 2. The Hall–Kier alpha value is -3.65. The van der Waals surface area contributed by atoms with Crippen molar-refractivity contribution in [2.24, 2.45) is 0 Å². The maximum atomic E-state index is 12.9. The summed E-state index contributed by atoms with van der Waals surface area (Å²) < 4.78 is 12.3. The predicted molar refractivity (Wildman–Crippen MR) is 183 cm³/mol. The number of hydrogen-bond acceptors (Lipinski definition) is 8. The van der Waals surface area contributed by atoms with Gasteiger partial charge >= 0.3 is 6.09 Å². The largest absolute Gasteiger partial charge is 0.443 e. The normalized spacial score (nSPS) is 17.8. The summed E-state index contributed by atoms with van der Waals surface area (Å²) in [5, 5.41) is 17.5. The average Bonchev–Trinajstić information content (AvgIpc) is 3.52. The van der Waals surface area contributed by atoms with E-state index in [1.54, 1.807) is 17.2 Å². The number of nitrogens with one attached hydrogen (secondary N) is 2. The number of aromatic nitrogens is 2. The van der Waals surface area contributed by atoms with Crippen molar-refractivity contribution in [1.29, 1.82) is 5.26 Å². The van der Waals surface area contributed by atoms with Crippen LogP contribution in [0.15, 0.2) is 36.5 Å². The molecule has 0 bridgehead atoms. The summed E-state index contributed by atoms with van der Waals surface area (Å²) in [6, 6.07) is 11.8. The second-order valence-electron chi connectivity index (χ2n) is 14.7. The van der Waals surface area contributed by atoms with Gasteiger partial charge in [0.2, 0.25) is 5.95 Å². The van der Waals surface area contributed by atoms with E-state index in [9.17, 15) is 10.1 Å². The quantitative estimate of drug-likeness (QED) is 0.257. The molecule has 238 valence electrons. The van der Waals surface area contributed by atoms with Crippen molar-refractivity contribution in [2.75, 3.05) is 35.2 Å². The van der Waals surface area contributed by atoms with E-state index in [1.165, 1.54) is 0 Å². The lowest BCUT2D eigenvalue weighted by Gasteiger charge is -2.39. The van der Waals surface area contributed by atoms with Gasteiger partial charge in [-0.1, -0.05) is 39.3 Å². The van der Waals surface area contributed by atoms with Crippen LogP contribution in [-0.2, 0) is 21.0 Å². The zero-order valence-corrected chi connectivity index (χ0v) is 29.4. The molecule has 3 aromatic rings. The molecule has 0 aliphatic carbocycles. The first kappa shape index (κ1) is 32.7. The highest BCUT2D eigenvalue weighted by atomic mass is 35.5. The lowest BCUT2D eigenvalue weighted by Crippen LogP contribution is -2.45. The van der Waals surface area contributed by atoms with Gasteiger partial charge < -0.3 is 19.8 Å². The third kappa shape index (κ3) is 6.67. The number of carbonyl (C=O) groups is 1. The summed E-state index contributed by atoms with van der Waals surface area (Å²) in [7, 11) is -1.98. The van der Waals surface area contributed by atoms with E-state index < -0.39 is 20.0 Å². The Morgan fingerprint density at radius 2 is 1.93 bits per heavy atom. The number of nitrogens with zero attached hydrogens (tertiary/aromatic N) is 4. The summed E-state index contributed by atoms with van der Waals surface area (Å²) in [6.45, 7) is 20.7. The fourth-order valence-electron chi connectivity index (χ4n) is 5.40. The Morgan fingerprint density at radius 1 is 1.20 bits per heavy atom. The Kier molecular flexibility index (Phi) is 8.45. The molecule has 45 heavy (non-hydrogen) atoms. The predicted octanol–water partition coefficient (Wildman–Crippen LogP) is 8.41.